The Morgan fingerprint density at radius 2 is 1.85 bits per heavy atom. The monoisotopic (exact) mass is 377 g/mol. The molecule has 2 aromatic rings. The molecule has 0 spiro atoms. The third-order valence-electron chi connectivity index (χ3n) is 4.39. The number of aliphatic hydroxyl groups is 1. The molecule has 0 radical (unpaired) electrons. The van der Waals surface area contributed by atoms with Crippen LogP contribution < -0.4 is 9.47 Å². The van der Waals surface area contributed by atoms with E-state index < -0.39 is 11.4 Å². The zero-order chi connectivity index (χ0) is 19.3. The Balaban J connectivity index is 1.52. The van der Waals surface area contributed by atoms with Crippen LogP contribution in [0.15, 0.2) is 48.5 Å². The fourth-order valence-electron chi connectivity index (χ4n) is 2.98. The molecule has 144 valence electrons. The van der Waals surface area contributed by atoms with E-state index in [9.17, 15) is 18.7 Å². The number of amides is 1. The molecule has 0 saturated carbocycles. The third kappa shape index (κ3) is 5.40. The van der Waals surface area contributed by atoms with Gasteiger partial charge in [-0.1, -0.05) is 6.07 Å². The third-order valence-corrected chi connectivity index (χ3v) is 4.39. The minimum atomic E-state index is -1.19. The Kier molecular flexibility index (Phi) is 5.91. The SMILES string of the molecule is O=C(COc1cccc(F)c1)N1CCCC(O)(COc2ccc(F)cc2)C1. The van der Waals surface area contributed by atoms with Crippen LogP contribution in [0.2, 0.25) is 0 Å². The molecule has 0 aromatic heterocycles. The van der Waals surface area contributed by atoms with E-state index in [4.69, 9.17) is 9.47 Å². The van der Waals surface area contributed by atoms with Crippen LogP contribution in [0.5, 0.6) is 11.5 Å². The molecule has 1 N–H and O–H groups in total. The van der Waals surface area contributed by atoms with Crippen LogP contribution in [0.25, 0.3) is 0 Å². The topological polar surface area (TPSA) is 59.0 Å². The predicted octanol–water partition coefficient (Wildman–Crippen LogP) is 2.78. The summed E-state index contributed by atoms with van der Waals surface area (Å²) in [6.07, 6.45) is 1.11. The van der Waals surface area contributed by atoms with Gasteiger partial charge in [-0.15, -0.1) is 0 Å². The zero-order valence-electron chi connectivity index (χ0n) is 14.7. The molecule has 1 aliphatic heterocycles. The summed E-state index contributed by atoms with van der Waals surface area (Å²) in [5.41, 5.74) is -1.19. The van der Waals surface area contributed by atoms with Crippen molar-refractivity contribution in [1.29, 1.82) is 0 Å². The first-order valence-corrected chi connectivity index (χ1v) is 8.70. The standard InChI is InChI=1S/C20H21F2NO4/c21-15-5-7-17(8-6-15)27-14-20(25)9-2-10-23(13-20)19(24)12-26-18-4-1-3-16(22)11-18/h1,3-8,11,25H,2,9-10,12-14H2. The smallest absolute Gasteiger partial charge is 0.260 e. The van der Waals surface area contributed by atoms with Crippen LogP contribution >= 0.6 is 0 Å². The molecule has 2 aromatic carbocycles. The molecule has 3 rings (SSSR count). The lowest BCUT2D eigenvalue weighted by atomic mass is 9.93. The van der Waals surface area contributed by atoms with Crippen molar-refractivity contribution >= 4 is 5.91 Å². The summed E-state index contributed by atoms with van der Waals surface area (Å²) in [6.45, 7) is 0.370. The second-order valence-electron chi connectivity index (χ2n) is 6.63. The van der Waals surface area contributed by atoms with Gasteiger partial charge in [0.05, 0.1) is 6.54 Å². The first kappa shape index (κ1) is 19.1. The molecule has 7 heteroatoms. The van der Waals surface area contributed by atoms with Crippen LogP contribution in [0, 0.1) is 11.6 Å². The number of ether oxygens (including phenoxy) is 2. The lowest BCUT2D eigenvalue weighted by Gasteiger charge is -2.38. The summed E-state index contributed by atoms with van der Waals surface area (Å²) in [5.74, 6) is -0.379. The lowest BCUT2D eigenvalue weighted by molar-refractivity contribution is -0.142. The molecule has 1 saturated heterocycles. The van der Waals surface area contributed by atoms with Crippen LogP contribution in [-0.4, -0.2) is 47.8 Å². The maximum Gasteiger partial charge on any atom is 0.260 e. The highest BCUT2D eigenvalue weighted by molar-refractivity contribution is 5.78. The second-order valence-corrected chi connectivity index (χ2v) is 6.63. The number of piperidine rings is 1. The summed E-state index contributed by atoms with van der Waals surface area (Å²) in [6, 6.07) is 11.1. The van der Waals surface area contributed by atoms with Gasteiger partial charge in [-0.2, -0.15) is 0 Å². The Morgan fingerprint density at radius 3 is 2.59 bits per heavy atom. The highest BCUT2D eigenvalue weighted by Crippen LogP contribution is 2.23. The van der Waals surface area contributed by atoms with Gasteiger partial charge < -0.3 is 19.5 Å². The minimum Gasteiger partial charge on any atom is -0.491 e. The molecule has 1 fully saturated rings. The molecule has 5 nitrogen and oxygen atoms in total. The quantitative estimate of drug-likeness (QED) is 0.841. The number of hydrogen-bond acceptors (Lipinski definition) is 4. The molecular weight excluding hydrogens is 356 g/mol. The second kappa shape index (κ2) is 8.35. The highest BCUT2D eigenvalue weighted by Gasteiger charge is 2.36. The number of rotatable bonds is 6. The first-order valence-electron chi connectivity index (χ1n) is 8.70. The summed E-state index contributed by atoms with van der Waals surface area (Å²) in [5, 5.41) is 10.7. The molecule has 1 atom stereocenters. The summed E-state index contributed by atoms with van der Waals surface area (Å²) >= 11 is 0. The van der Waals surface area contributed by atoms with Gasteiger partial charge in [-0.25, -0.2) is 8.78 Å². The largest absolute Gasteiger partial charge is 0.491 e. The van der Waals surface area contributed by atoms with Crippen LogP contribution in [-0.2, 0) is 4.79 Å². The fraction of sp³-hybridized carbons (Fsp3) is 0.350. The van der Waals surface area contributed by atoms with E-state index in [1.54, 1.807) is 6.07 Å². The van der Waals surface area contributed by atoms with Crippen molar-refractivity contribution in [2.45, 2.75) is 18.4 Å². The zero-order valence-corrected chi connectivity index (χ0v) is 14.7. The number of carbonyl (C=O) groups is 1. The number of hydrogen-bond donors (Lipinski definition) is 1. The number of benzene rings is 2. The van der Waals surface area contributed by atoms with Gasteiger partial charge >= 0.3 is 0 Å². The Bertz CT molecular complexity index is 784. The maximum atomic E-state index is 13.2. The van der Waals surface area contributed by atoms with Crippen molar-refractivity contribution in [3.8, 4) is 11.5 Å². The van der Waals surface area contributed by atoms with Crippen molar-refractivity contribution in [3.63, 3.8) is 0 Å². The van der Waals surface area contributed by atoms with Crippen molar-refractivity contribution in [3.05, 3.63) is 60.2 Å². The van der Waals surface area contributed by atoms with E-state index in [-0.39, 0.29) is 37.2 Å². The van der Waals surface area contributed by atoms with Gasteiger partial charge in [-0.3, -0.25) is 4.79 Å². The average molecular weight is 377 g/mol. The molecule has 1 amide bonds. The van der Waals surface area contributed by atoms with Gasteiger partial charge in [0.1, 0.15) is 35.3 Å². The van der Waals surface area contributed by atoms with Gasteiger partial charge in [0.2, 0.25) is 0 Å². The van der Waals surface area contributed by atoms with Gasteiger partial charge in [-0.05, 0) is 49.2 Å². The number of carbonyl (C=O) groups excluding carboxylic acids is 1. The molecule has 1 unspecified atom stereocenters. The number of nitrogens with zero attached hydrogens (tertiary/aromatic N) is 1. The lowest BCUT2D eigenvalue weighted by Crippen LogP contribution is -2.54. The minimum absolute atomic E-state index is 0.00678. The molecule has 0 aliphatic carbocycles. The van der Waals surface area contributed by atoms with E-state index >= 15 is 0 Å². The highest BCUT2D eigenvalue weighted by atomic mass is 19.1. The van der Waals surface area contributed by atoms with Gasteiger partial charge in [0.25, 0.3) is 5.91 Å². The number of β-amino-alcohol motifs (C(OH)–C–C–N with tert-alkyl or cyclic N) is 1. The Hall–Kier alpha value is -2.67. The maximum absolute atomic E-state index is 13.2. The van der Waals surface area contributed by atoms with Crippen molar-refractivity contribution in [1.82, 2.24) is 4.90 Å². The van der Waals surface area contributed by atoms with Crippen LogP contribution in [0.1, 0.15) is 12.8 Å². The van der Waals surface area contributed by atoms with Gasteiger partial charge in [0, 0.05) is 12.6 Å². The number of halogens is 2. The predicted molar refractivity (Wildman–Crippen MR) is 94.6 cm³/mol. The summed E-state index contributed by atoms with van der Waals surface area (Å²) in [4.78, 5) is 13.9. The molecule has 1 aliphatic rings. The Morgan fingerprint density at radius 1 is 1.07 bits per heavy atom. The van der Waals surface area contributed by atoms with Crippen molar-refractivity contribution in [2.24, 2.45) is 0 Å². The Labute approximate surface area is 156 Å². The summed E-state index contributed by atoms with van der Waals surface area (Å²) in [7, 11) is 0. The average Bonchev–Trinajstić information content (AvgIpc) is 2.66. The fourth-order valence-corrected chi connectivity index (χ4v) is 2.98. The molecule has 0 bridgehead atoms. The van der Waals surface area contributed by atoms with E-state index in [2.05, 4.69) is 0 Å². The van der Waals surface area contributed by atoms with Crippen LogP contribution in [0.3, 0.4) is 0 Å². The van der Waals surface area contributed by atoms with E-state index in [0.29, 0.717) is 25.1 Å². The van der Waals surface area contributed by atoms with Gasteiger partial charge in [0.15, 0.2) is 6.61 Å². The van der Waals surface area contributed by atoms with Crippen molar-refractivity contribution < 1.29 is 28.2 Å². The van der Waals surface area contributed by atoms with E-state index in [1.807, 2.05) is 0 Å². The summed E-state index contributed by atoms with van der Waals surface area (Å²) < 4.78 is 37.0. The van der Waals surface area contributed by atoms with E-state index in [0.717, 1.165) is 0 Å². The normalized spacial score (nSPS) is 19.6. The van der Waals surface area contributed by atoms with Crippen LogP contribution in [0.4, 0.5) is 8.78 Å². The molecular formula is C20H21F2NO4. The number of likely N-dealkylation sites (tertiary alicyclic amines) is 1. The van der Waals surface area contributed by atoms with E-state index in [1.165, 1.54) is 47.4 Å². The molecule has 1 heterocycles. The molecule has 27 heavy (non-hydrogen) atoms. The first-order chi connectivity index (χ1) is 12.9. The van der Waals surface area contributed by atoms with Crippen molar-refractivity contribution in [2.75, 3.05) is 26.3 Å².